The molecule has 1 amide bonds. The number of nitrogens with zero attached hydrogens (tertiary/aromatic N) is 2. The Balaban J connectivity index is 0.00000280. The van der Waals surface area contributed by atoms with Gasteiger partial charge in [0.2, 0.25) is 0 Å². The predicted octanol–water partition coefficient (Wildman–Crippen LogP) is 3.55. The molecule has 28 heavy (non-hydrogen) atoms. The number of benzene rings is 1. The molecule has 1 aliphatic carbocycles. The highest BCUT2D eigenvalue weighted by molar-refractivity contribution is 5.94. The number of hydrogen-bond donors (Lipinski definition) is 2. The van der Waals surface area contributed by atoms with E-state index in [-0.39, 0.29) is 18.3 Å². The second kappa shape index (κ2) is 8.57. The van der Waals surface area contributed by atoms with Gasteiger partial charge in [0.05, 0.1) is 11.2 Å². The van der Waals surface area contributed by atoms with Crippen molar-refractivity contribution in [2.45, 2.75) is 52.0 Å². The van der Waals surface area contributed by atoms with Crippen molar-refractivity contribution in [2.24, 2.45) is 11.7 Å². The molecule has 1 unspecified atom stereocenters. The van der Waals surface area contributed by atoms with Crippen LogP contribution in [0.4, 0.5) is 8.78 Å². The fourth-order valence-electron chi connectivity index (χ4n) is 3.87. The fraction of sp³-hybridized carbons (Fsp3) is 0.500. The van der Waals surface area contributed by atoms with Crippen molar-refractivity contribution in [3.8, 4) is 5.69 Å². The molecule has 8 heteroatoms. The van der Waals surface area contributed by atoms with E-state index in [1.54, 1.807) is 4.68 Å². The topological polar surface area (TPSA) is 72.9 Å². The summed E-state index contributed by atoms with van der Waals surface area (Å²) in [5, 5.41) is 7.48. The predicted molar refractivity (Wildman–Crippen MR) is 107 cm³/mol. The Hall–Kier alpha value is -1.99. The van der Waals surface area contributed by atoms with E-state index in [9.17, 15) is 13.6 Å². The Labute approximate surface area is 170 Å². The van der Waals surface area contributed by atoms with Gasteiger partial charge in [-0.3, -0.25) is 4.79 Å². The lowest BCUT2D eigenvalue weighted by atomic mass is 9.90. The summed E-state index contributed by atoms with van der Waals surface area (Å²) in [4.78, 5) is 12.9. The normalized spacial score (nSPS) is 15.1. The number of nitrogens with two attached hydrogens (primary N) is 1. The average molecular weight is 413 g/mol. The van der Waals surface area contributed by atoms with Gasteiger partial charge < -0.3 is 11.1 Å². The van der Waals surface area contributed by atoms with Crippen LogP contribution in [0.25, 0.3) is 5.69 Å². The summed E-state index contributed by atoms with van der Waals surface area (Å²) >= 11 is 0. The van der Waals surface area contributed by atoms with Crippen molar-refractivity contribution in [3.05, 3.63) is 46.8 Å². The van der Waals surface area contributed by atoms with Crippen molar-refractivity contribution in [1.82, 2.24) is 15.1 Å². The summed E-state index contributed by atoms with van der Waals surface area (Å²) < 4.78 is 28.5. The van der Waals surface area contributed by atoms with Gasteiger partial charge in [0.1, 0.15) is 0 Å². The van der Waals surface area contributed by atoms with E-state index in [0.717, 1.165) is 49.1 Å². The average Bonchev–Trinajstić information content (AvgIpc) is 3.19. The highest BCUT2D eigenvalue weighted by atomic mass is 35.5. The van der Waals surface area contributed by atoms with E-state index in [1.807, 2.05) is 6.92 Å². The summed E-state index contributed by atoms with van der Waals surface area (Å²) in [6.45, 7) is 6.41. The third kappa shape index (κ3) is 4.36. The standard InChI is InChI=1S/C20H26F2N4O.ClH/c1-12(2)10-20(3,11-23)24-19(27)18-14-5-4-6-17(14)26(25-18)13-7-8-15(21)16(22)9-13;/h7-9,12H,4-6,10-11,23H2,1-3H3,(H,24,27);1H. The second-order valence-electron chi connectivity index (χ2n) is 7.95. The molecule has 0 aliphatic heterocycles. The number of rotatable bonds is 6. The number of nitrogens with one attached hydrogen (secondary N) is 1. The van der Waals surface area contributed by atoms with Gasteiger partial charge in [0.25, 0.3) is 5.91 Å². The van der Waals surface area contributed by atoms with Crippen LogP contribution >= 0.6 is 12.4 Å². The maximum atomic E-state index is 13.7. The molecule has 0 fully saturated rings. The Bertz CT molecular complexity index is 868. The summed E-state index contributed by atoms with van der Waals surface area (Å²) in [5.41, 5.74) is 7.89. The lowest BCUT2D eigenvalue weighted by Crippen LogP contribution is -2.52. The number of halogens is 3. The van der Waals surface area contributed by atoms with Crippen molar-refractivity contribution in [1.29, 1.82) is 0 Å². The van der Waals surface area contributed by atoms with E-state index >= 15 is 0 Å². The first-order valence-electron chi connectivity index (χ1n) is 9.33. The van der Waals surface area contributed by atoms with Crippen molar-refractivity contribution >= 4 is 18.3 Å². The lowest BCUT2D eigenvalue weighted by Gasteiger charge is -2.31. The summed E-state index contributed by atoms with van der Waals surface area (Å²) in [7, 11) is 0. The molecule has 3 N–H and O–H groups in total. The van der Waals surface area contributed by atoms with E-state index in [4.69, 9.17) is 5.73 Å². The van der Waals surface area contributed by atoms with Crippen LogP contribution in [0, 0.1) is 17.6 Å². The maximum absolute atomic E-state index is 13.7. The van der Waals surface area contributed by atoms with Crippen LogP contribution in [-0.2, 0) is 12.8 Å². The smallest absolute Gasteiger partial charge is 0.272 e. The van der Waals surface area contributed by atoms with Crippen LogP contribution in [-0.4, -0.2) is 27.8 Å². The molecule has 0 saturated heterocycles. The summed E-state index contributed by atoms with van der Waals surface area (Å²) in [5.74, 6) is -1.74. The largest absolute Gasteiger partial charge is 0.344 e. The highest BCUT2D eigenvalue weighted by Crippen LogP contribution is 2.29. The number of carbonyl (C=O) groups excluding carboxylic acids is 1. The fourth-order valence-corrected chi connectivity index (χ4v) is 3.87. The zero-order chi connectivity index (χ0) is 19.8. The van der Waals surface area contributed by atoms with Crippen LogP contribution in [0.1, 0.15) is 55.4 Å². The number of amides is 1. The number of aromatic nitrogens is 2. The van der Waals surface area contributed by atoms with E-state index in [1.165, 1.54) is 6.07 Å². The molecule has 2 aromatic rings. The molecule has 1 aromatic carbocycles. The SMILES string of the molecule is CC(C)CC(C)(CN)NC(=O)c1nn(-c2ccc(F)c(F)c2)c2c1CCC2.Cl. The van der Waals surface area contributed by atoms with Crippen LogP contribution in [0.15, 0.2) is 18.2 Å². The van der Waals surface area contributed by atoms with Gasteiger partial charge in [0.15, 0.2) is 17.3 Å². The van der Waals surface area contributed by atoms with E-state index < -0.39 is 17.2 Å². The first-order chi connectivity index (χ1) is 12.7. The number of carbonyl (C=O) groups is 1. The Morgan fingerprint density at radius 1 is 1.32 bits per heavy atom. The third-order valence-electron chi connectivity index (χ3n) is 5.02. The number of fused-ring (bicyclic) bond motifs is 1. The molecule has 0 radical (unpaired) electrons. The highest BCUT2D eigenvalue weighted by Gasteiger charge is 2.32. The molecule has 1 aliphatic rings. The maximum Gasteiger partial charge on any atom is 0.272 e. The Morgan fingerprint density at radius 3 is 2.64 bits per heavy atom. The first kappa shape index (κ1) is 22.3. The molecule has 1 heterocycles. The molecule has 0 bridgehead atoms. The molecular formula is C20H27ClF2N4O. The van der Waals surface area contributed by atoms with Crippen LogP contribution in [0.3, 0.4) is 0 Å². The molecule has 0 spiro atoms. The van der Waals surface area contributed by atoms with Crippen molar-refractivity contribution in [2.75, 3.05) is 6.54 Å². The first-order valence-corrected chi connectivity index (χ1v) is 9.33. The Morgan fingerprint density at radius 2 is 2.04 bits per heavy atom. The van der Waals surface area contributed by atoms with Crippen LogP contribution in [0.2, 0.25) is 0 Å². The van der Waals surface area contributed by atoms with Gasteiger partial charge in [-0.15, -0.1) is 12.4 Å². The van der Waals surface area contributed by atoms with Gasteiger partial charge in [-0.05, 0) is 50.7 Å². The van der Waals surface area contributed by atoms with Gasteiger partial charge in [-0.2, -0.15) is 5.10 Å². The van der Waals surface area contributed by atoms with Crippen LogP contribution in [0.5, 0.6) is 0 Å². The minimum atomic E-state index is -0.937. The summed E-state index contributed by atoms with van der Waals surface area (Å²) in [6.07, 6.45) is 3.14. The van der Waals surface area contributed by atoms with Gasteiger partial charge in [0, 0.05) is 23.9 Å². The van der Waals surface area contributed by atoms with Gasteiger partial charge in [-0.25, -0.2) is 13.5 Å². The molecule has 1 atom stereocenters. The molecule has 1 aromatic heterocycles. The zero-order valence-electron chi connectivity index (χ0n) is 16.4. The molecule has 3 rings (SSSR count). The number of hydrogen-bond acceptors (Lipinski definition) is 3. The quantitative estimate of drug-likeness (QED) is 0.762. The molecule has 154 valence electrons. The zero-order valence-corrected chi connectivity index (χ0v) is 17.2. The third-order valence-corrected chi connectivity index (χ3v) is 5.02. The molecular weight excluding hydrogens is 386 g/mol. The van der Waals surface area contributed by atoms with Gasteiger partial charge in [-0.1, -0.05) is 13.8 Å². The van der Waals surface area contributed by atoms with Gasteiger partial charge >= 0.3 is 0 Å². The van der Waals surface area contributed by atoms with E-state index in [0.29, 0.717) is 23.8 Å². The van der Waals surface area contributed by atoms with Crippen molar-refractivity contribution < 1.29 is 13.6 Å². The van der Waals surface area contributed by atoms with E-state index in [2.05, 4.69) is 24.3 Å². The van der Waals surface area contributed by atoms with Crippen molar-refractivity contribution in [3.63, 3.8) is 0 Å². The molecule has 5 nitrogen and oxygen atoms in total. The summed E-state index contributed by atoms with van der Waals surface area (Å²) in [6, 6.07) is 3.64. The molecule has 0 saturated carbocycles. The second-order valence-corrected chi connectivity index (χ2v) is 7.95. The lowest BCUT2D eigenvalue weighted by molar-refractivity contribution is 0.0891. The minimum Gasteiger partial charge on any atom is -0.344 e. The monoisotopic (exact) mass is 412 g/mol. The minimum absolute atomic E-state index is 0. The van der Waals surface area contributed by atoms with Crippen LogP contribution < -0.4 is 11.1 Å². The Kier molecular flexibility index (Phi) is 6.83.